The average Bonchev–Trinajstić information content (AvgIpc) is 3.37. The summed E-state index contributed by atoms with van der Waals surface area (Å²) < 4.78 is 42.2. The summed E-state index contributed by atoms with van der Waals surface area (Å²) in [6.07, 6.45) is -0.428. The molecule has 1 saturated heterocycles. The van der Waals surface area contributed by atoms with E-state index in [2.05, 4.69) is 4.72 Å². The van der Waals surface area contributed by atoms with Crippen molar-refractivity contribution in [3.05, 3.63) is 71.4 Å². The van der Waals surface area contributed by atoms with Crippen molar-refractivity contribution in [3.63, 3.8) is 0 Å². The minimum Gasteiger partial charge on any atom is -0.443 e. The highest BCUT2D eigenvalue weighted by Gasteiger charge is 2.51. The summed E-state index contributed by atoms with van der Waals surface area (Å²) in [6.45, 7) is 9.34. The average molecular weight is 597 g/mol. The Morgan fingerprint density at radius 1 is 0.833 bits per heavy atom. The fraction of sp³-hybridized carbons (Fsp3) is 0.379. The molecule has 3 heterocycles. The van der Waals surface area contributed by atoms with Gasteiger partial charge in [0, 0.05) is 11.6 Å². The molecule has 0 bridgehead atoms. The number of rotatable bonds is 2. The normalized spacial score (nSPS) is 20.5. The number of imide groups is 1. The van der Waals surface area contributed by atoms with Gasteiger partial charge in [-0.3, -0.25) is 19.1 Å². The Bertz CT molecular complexity index is 1700. The zero-order valence-corrected chi connectivity index (χ0v) is 24.9. The van der Waals surface area contributed by atoms with Gasteiger partial charge in [0.05, 0.1) is 35.3 Å². The van der Waals surface area contributed by atoms with Crippen molar-refractivity contribution in [1.82, 2.24) is 18.5 Å². The summed E-state index contributed by atoms with van der Waals surface area (Å²) in [5.41, 5.74) is -0.771. The van der Waals surface area contributed by atoms with Crippen LogP contribution in [0.1, 0.15) is 73.9 Å². The number of nitrogens with one attached hydrogen (secondary N) is 1. The molecule has 2 atom stereocenters. The van der Waals surface area contributed by atoms with E-state index in [-0.39, 0.29) is 11.1 Å². The number of hydrogen-bond acceptors (Lipinski definition) is 8. The van der Waals surface area contributed by atoms with Crippen LogP contribution in [0.4, 0.5) is 9.59 Å². The molecule has 0 radical (unpaired) electrons. The van der Waals surface area contributed by atoms with E-state index < -0.39 is 64.0 Å². The van der Waals surface area contributed by atoms with E-state index in [1.54, 1.807) is 77.9 Å². The summed E-state index contributed by atoms with van der Waals surface area (Å²) in [6, 6.07) is 10.6. The number of benzene rings is 2. The third kappa shape index (κ3) is 5.25. The molecule has 12 nitrogen and oxygen atoms in total. The first kappa shape index (κ1) is 29.3. The molecule has 222 valence electrons. The first-order chi connectivity index (χ1) is 19.5. The van der Waals surface area contributed by atoms with Crippen molar-refractivity contribution in [2.45, 2.75) is 64.8 Å². The number of fused-ring (bicyclic) bond motifs is 2. The third-order valence-corrected chi connectivity index (χ3v) is 8.16. The lowest BCUT2D eigenvalue weighted by molar-refractivity contribution is 0.0281. The van der Waals surface area contributed by atoms with Crippen LogP contribution in [0.5, 0.6) is 0 Å². The molecular weight excluding hydrogens is 564 g/mol. The van der Waals surface area contributed by atoms with Crippen LogP contribution in [0.25, 0.3) is 10.9 Å². The molecule has 3 aromatic rings. The van der Waals surface area contributed by atoms with Crippen molar-refractivity contribution in [2.75, 3.05) is 6.54 Å². The Kier molecular flexibility index (Phi) is 6.93. The van der Waals surface area contributed by atoms with Gasteiger partial charge in [-0.1, -0.05) is 30.3 Å². The predicted octanol–water partition coefficient (Wildman–Crippen LogP) is 4.22. The molecule has 0 spiro atoms. The largest absolute Gasteiger partial charge is 0.443 e. The van der Waals surface area contributed by atoms with Crippen molar-refractivity contribution >= 4 is 45.1 Å². The van der Waals surface area contributed by atoms with E-state index >= 15 is 0 Å². The highest BCUT2D eigenvalue weighted by Crippen LogP contribution is 2.38. The van der Waals surface area contributed by atoms with Crippen molar-refractivity contribution in [3.8, 4) is 0 Å². The Labute approximate surface area is 243 Å². The number of carbonyl (C=O) groups is 4. The highest BCUT2D eigenvalue weighted by molar-refractivity contribution is 7.87. The maximum Gasteiger partial charge on any atom is 0.425 e. The lowest BCUT2D eigenvalue weighted by Gasteiger charge is -2.41. The van der Waals surface area contributed by atoms with Gasteiger partial charge < -0.3 is 9.47 Å². The number of para-hydroxylation sites is 1. The number of nitrogens with zero attached hydrogens (tertiary/aromatic N) is 3. The maximum atomic E-state index is 13.6. The van der Waals surface area contributed by atoms with Gasteiger partial charge in [-0.05, 0) is 65.3 Å². The Morgan fingerprint density at radius 3 is 1.93 bits per heavy atom. The molecule has 1 N–H and O–H groups in total. The number of aromatic nitrogens is 1. The van der Waals surface area contributed by atoms with Crippen LogP contribution in [-0.2, 0) is 19.7 Å². The van der Waals surface area contributed by atoms with Gasteiger partial charge in [-0.15, -0.1) is 0 Å². The minimum absolute atomic E-state index is 0.162. The van der Waals surface area contributed by atoms with Gasteiger partial charge >= 0.3 is 22.4 Å². The van der Waals surface area contributed by atoms with Gasteiger partial charge in [0.1, 0.15) is 11.2 Å². The molecule has 42 heavy (non-hydrogen) atoms. The van der Waals surface area contributed by atoms with Crippen molar-refractivity contribution in [1.29, 1.82) is 0 Å². The SMILES string of the molecule is CC(C)(C)OC(=O)N1C[C@@H](N2C(=O)c3ccccc3C2=O)[C@H](c2cn(C(=O)OC(C)(C)C)c3ccccc23)NS1(=O)=O. The number of carbonyl (C=O) groups excluding carboxylic acids is 4. The van der Waals surface area contributed by atoms with E-state index in [0.29, 0.717) is 20.8 Å². The number of hydrogen-bond donors (Lipinski definition) is 1. The van der Waals surface area contributed by atoms with Crippen LogP contribution in [0.2, 0.25) is 0 Å². The molecule has 3 amide bonds. The Morgan fingerprint density at radius 2 is 1.36 bits per heavy atom. The number of amides is 3. The van der Waals surface area contributed by atoms with Gasteiger partial charge in [0.2, 0.25) is 0 Å². The Balaban J connectivity index is 1.66. The second kappa shape index (κ2) is 9.95. The first-order valence-corrected chi connectivity index (χ1v) is 14.8. The van der Waals surface area contributed by atoms with E-state index in [9.17, 15) is 27.6 Å². The molecule has 5 rings (SSSR count). The van der Waals surface area contributed by atoms with Crippen molar-refractivity contribution < 1.29 is 37.1 Å². The fourth-order valence-electron chi connectivity index (χ4n) is 5.09. The summed E-state index contributed by atoms with van der Waals surface area (Å²) in [5, 5.41) is 0.489. The van der Waals surface area contributed by atoms with Crippen LogP contribution < -0.4 is 4.72 Å². The maximum absolute atomic E-state index is 13.6. The topological polar surface area (TPSA) is 144 Å². The zero-order valence-electron chi connectivity index (χ0n) is 24.1. The first-order valence-electron chi connectivity index (χ1n) is 13.3. The smallest absolute Gasteiger partial charge is 0.425 e. The van der Waals surface area contributed by atoms with Gasteiger partial charge in [-0.2, -0.15) is 17.4 Å². The monoisotopic (exact) mass is 596 g/mol. The van der Waals surface area contributed by atoms with E-state index in [0.717, 1.165) is 4.90 Å². The van der Waals surface area contributed by atoms with Gasteiger partial charge in [-0.25, -0.2) is 9.59 Å². The summed E-state index contributed by atoms with van der Waals surface area (Å²) in [7, 11) is -4.53. The highest BCUT2D eigenvalue weighted by atomic mass is 32.2. The summed E-state index contributed by atoms with van der Waals surface area (Å²) in [4.78, 5) is 54.4. The molecule has 0 aliphatic carbocycles. The molecule has 13 heteroatoms. The van der Waals surface area contributed by atoms with Gasteiger partial charge in [0.25, 0.3) is 11.8 Å². The predicted molar refractivity (Wildman–Crippen MR) is 152 cm³/mol. The second-order valence-electron chi connectivity index (χ2n) is 12.2. The minimum atomic E-state index is -4.53. The molecule has 2 aliphatic heterocycles. The van der Waals surface area contributed by atoms with Crippen LogP contribution in [0, 0.1) is 0 Å². The standard InChI is InChI=1S/C29H32N4O8S/c1-28(2,3)40-26(36)31-15-20(17-11-9-10-14-21(17)31)23-22(33-24(34)18-12-7-8-13-19(18)25(33)35)16-32(42(38,39)30-23)27(37)41-29(4,5)6/h7-15,22-23,30H,16H2,1-6H3/t22-,23+/m1/s1. The van der Waals surface area contributed by atoms with Crippen molar-refractivity contribution in [2.24, 2.45) is 0 Å². The van der Waals surface area contributed by atoms with Crippen LogP contribution in [0.15, 0.2) is 54.7 Å². The molecule has 0 saturated carbocycles. The molecule has 1 aromatic heterocycles. The van der Waals surface area contributed by atoms with E-state index in [1.165, 1.54) is 22.9 Å². The Hall–Kier alpha value is -4.23. The molecule has 0 unspecified atom stereocenters. The lowest BCUT2D eigenvalue weighted by Crippen LogP contribution is -2.63. The molecular formula is C29H32N4O8S. The number of ether oxygens (including phenoxy) is 2. The molecule has 1 fully saturated rings. The van der Waals surface area contributed by atoms with Crippen LogP contribution in [0.3, 0.4) is 0 Å². The summed E-state index contributed by atoms with van der Waals surface area (Å²) >= 11 is 0. The van der Waals surface area contributed by atoms with E-state index in [4.69, 9.17) is 9.47 Å². The second-order valence-corrected chi connectivity index (χ2v) is 13.8. The zero-order chi connectivity index (χ0) is 30.8. The quantitative estimate of drug-likeness (QED) is 0.433. The third-order valence-electron chi connectivity index (χ3n) is 6.73. The fourth-order valence-corrected chi connectivity index (χ4v) is 6.40. The van der Waals surface area contributed by atoms with Crippen LogP contribution in [-0.4, -0.2) is 70.0 Å². The summed E-state index contributed by atoms with van der Waals surface area (Å²) in [5.74, 6) is -1.27. The van der Waals surface area contributed by atoms with E-state index in [1.807, 2.05) is 0 Å². The van der Waals surface area contributed by atoms with Gasteiger partial charge in [0.15, 0.2) is 0 Å². The molecule has 2 aromatic carbocycles. The van der Waals surface area contributed by atoms with Crippen LogP contribution >= 0.6 is 0 Å². The lowest BCUT2D eigenvalue weighted by atomic mass is 9.97. The molecule has 2 aliphatic rings.